The van der Waals surface area contributed by atoms with Gasteiger partial charge in [-0.25, -0.2) is 4.98 Å². The highest BCUT2D eigenvalue weighted by Gasteiger charge is 2.19. The van der Waals surface area contributed by atoms with Gasteiger partial charge in [0.1, 0.15) is 11.6 Å². The molecule has 0 aliphatic heterocycles. The summed E-state index contributed by atoms with van der Waals surface area (Å²) in [5.74, 6) is 1.15. The number of imidazole rings is 1. The third kappa shape index (κ3) is 6.70. The quantitative estimate of drug-likeness (QED) is 0.123. The van der Waals surface area contributed by atoms with Crippen LogP contribution >= 0.6 is 0 Å². The van der Waals surface area contributed by atoms with Crippen LogP contribution in [0.25, 0.3) is 82.7 Å². The number of aromatic hydroxyl groups is 1. The van der Waals surface area contributed by atoms with Crippen molar-refractivity contribution in [3.8, 4) is 45.1 Å². The third-order valence-corrected chi connectivity index (χ3v) is 11.8. The molecule has 4 heteroatoms. The first-order chi connectivity index (χ1) is 30.1. The minimum atomic E-state index is 0.225. The highest BCUT2D eigenvalue weighted by molar-refractivity contribution is 6.21. The molecule has 0 atom stereocenters. The summed E-state index contributed by atoms with van der Waals surface area (Å²) in [6.45, 7) is 0. The summed E-state index contributed by atoms with van der Waals surface area (Å²) < 4.78 is 2.26. The van der Waals surface area contributed by atoms with E-state index in [1.165, 1.54) is 65.7 Å². The van der Waals surface area contributed by atoms with Crippen LogP contribution in [0.4, 0.5) is 5.69 Å². The summed E-state index contributed by atoms with van der Waals surface area (Å²) >= 11 is 0. The fourth-order valence-electron chi connectivity index (χ4n) is 8.83. The van der Waals surface area contributed by atoms with Gasteiger partial charge >= 0.3 is 0 Å². The molecule has 1 aromatic heterocycles. The number of para-hydroxylation sites is 4. The Morgan fingerprint density at radius 2 is 1.03 bits per heavy atom. The lowest BCUT2D eigenvalue weighted by atomic mass is 9.85. The van der Waals surface area contributed by atoms with Crippen LogP contribution in [0.3, 0.4) is 0 Å². The van der Waals surface area contributed by atoms with Gasteiger partial charge in [0, 0.05) is 23.0 Å². The summed E-state index contributed by atoms with van der Waals surface area (Å²) in [5, 5.41) is 17.4. The van der Waals surface area contributed by atoms with Crippen molar-refractivity contribution in [1.29, 1.82) is 0 Å². The number of hydrogen-bond acceptors (Lipinski definition) is 3. The van der Waals surface area contributed by atoms with Crippen molar-refractivity contribution in [2.75, 3.05) is 0 Å². The number of nitrogens with zero attached hydrogens (tertiary/aromatic N) is 3. The van der Waals surface area contributed by atoms with E-state index in [1.807, 2.05) is 36.4 Å². The average Bonchev–Trinajstić information content (AvgIpc) is 3.71. The van der Waals surface area contributed by atoms with Crippen molar-refractivity contribution in [2.24, 2.45) is 4.99 Å². The van der Waals surface area contributed by atoms with E-state index in [0.717, 1.165) is 40.2 Å². The number of aromatic nitrogens is 2. The van der Waals surface area contributed by atoms with E-state index in [4.69, 9.17) is 4.98 Å². The Balaban J connectivity index is 0.929. The van der Waals surface area contributed by atoms with E-state index in [-0.39, 0.29) is 5.75 Å². The summed E-state index contributed by atoms with van der Waals surface area (Å²) in [4.78, 5) is 9.68. The molecule has 11 aromatic rings. The van der Waals surface area contributed by atoms with E-state index >= 15 is 0 Å². The highest BCUT2D eigenvalue weighted by atomic mass is 16.3. The molecule has 61 heavy (non-hydrogen) atoms. The number of phenols is 1. The molecule has 0 saturated heterocycles. The number of hydrogen-bond donors (Lipinski definition) is 1. The number of phenolic OH excluding ortho intramolecular Hbond substituents is 1. The second-order valence-corrected chi connectivity index (χ2v) is 15.6. The van der Waals surface area contributed by atoms with Crippen LogP contribution in [0.1, 0.15) is 16.7 Å². The molecule has 288 valence electrons. The topological polar surface area (TPSA) is 50.4 Å². The van der Waals surface area contributed by atoms with E-state index < -0.39 is 0 Å². The molecule has 0 saturated carbocycles. The molecule has 0 radical (unpaired) electrons. The second-order valence-electron chi connectivity index (χ2n) is 15.6. The Kier molecular flexibility index (Phi) is 9.02. The predicted octanol–water partition coefficient (Wildman–Crippen LogP) is 14.5. The van der Waals surface area contributed by atoms with Gasteiger partial charge < -0.3 is 5.11 Å². The van der Waals surface area contributed by atoms with Gasteiger partial charge in [0.15, 0.2) is 0 Å². The molecule has 0 unspecified atom stereocenters. The average molecular weight is 782 g/mol. The van der Waals surface area contributed by atoms with Crippen molar-refractivity contribution < 1.29 is 5.11 Å². The Labute approximate surface area is 354 Å². The lowest BCUT2D eigenvalue weighted by molar-refractivity contribution is 0.474. The zero-order chi connectivity index (χ0) is 40.7. The number of rotatable bonds is 8. The summed E-state index contributed by atoms with van der Waals surface area (Å²) in [5.41, 5.74) is 13.1. The molecular weight excluding hydrogens is 743 g/mol. The summed E-state index contributed by atoms with van der Waals surface area (Å²) in [6, 6.07) is 74.7. The number of aliphatic imine (C=N–C) groups is 1. The fourth-order valence-corrected chi connectivity index (χ4v) is 8.83. The van der Waals surface area contributed by atoms with Gasteiger partial charge in [-0.15, -0.1) is 0 Å². The monoisotopic (exact) mass is 781 g/mol. The summed E-state index contributed by atoms with van der Waals surface area (Å²) in [7, 11) is 0. The minimum Gasteiger partial charge on any atom is -0.507 e. The van der Waals surface area contributed by atoms with E-state index in [2.05, 4.69) is 179 Å². The fraction of sp³-hybridized carbons (Fsp3) is 0.0175. The number of benzene rings is 10. The molecule has 0 aliphatic rings. The Morgan fingerprint density at radius 3 is 1.75 bits per heavy atom. The van der Waals surface area contributed by atoms with Gasteiger partial charge in [0.25, 0.3) is 0 Å². The van der Waals surface area contributed by atoms with Gasteiger partial charge in [-0.3, -0.25) is 9.56 Å². The van der Waals surface area contributed by atoms with Crippen molar-refractivity contribution in [2.45, 2.75) is 6.42 Å². The maximum absolute atomic E-state index is 10.1. The summed E-state index contributed by atoms with van der Waals surface area (Å²) in [6.07, 6.45) is 2.53. The molecule has 0 spiro atoms. The van der Waals surface area contributed by atoms with Gasteiger partial charge in [-0.1, -0.05) is 158 Å². The first kappa shape index (κ1) is 36.0. The predicted molar refractivity (Wildman–Crippen MR) is 255 cm³/mol. The van der Waals surface area contributed by atoms with E-state index in [9.17, 15) is 5.11 Å². The second kappa shape index (κ2) is 15.3. The van der Waals surface area contributed by atoms with E-state index in [0.29, 0.717) is 5.56 Å². The third-order valence-electron chi connectivity index (χ3n) is 11.8. The van der Waals surface area contributed by atoms with Crippen LogP contribution in [-0.4, -0.2) is 20.9 Å². The molecule has 10 aromatic carbocycles. The Bertz CT molecular complexity index is 3380. The maximum Gasteiger partial charge on any atom is 0.145 e. The minimum absolute atomic E-state index is 0.225. The van der Waals surface area contributed by atoms with Crippen LogP contribution < -0.4 is 0 Å². The Hall–Kier alpha value is -8.08. The Morgan fingerprint density at radius 1 is 0.475 bits per heavy atom. The van der Waals surface area contributed by atoms with Gasteiger partial charge in [-0.2, -0.15) is 0 Å². The molecule has 0 aliphatic carbocycles. The molecule has 0 bridgehead atoms. The van der Waals surface area contributed by atoms with Gasteiger partial charge in [0.2, 0.25) is 0 Å². The normalized spacial score (nSPS) is 11.7. The maximum atomic E-state index is 10.1. The van der Waals surface area contributed by atoms with Crippen molar-refractivity contribution >= 4 is 55.3 Å². The van der Waals surface area contributed by atoms with Crippen molar-refractivity contribution in [3.63, 3.8) is 0 Å². The number of fused-ring (bicyclic) bond motifs is 4. The molecule has 0 fully saturated rings. The van der Waals surface area contributed by atoms with Crippen molar-refractivity contribution in [1.82, 2.24) is 9.55 Å². The zero-order valence-corrected chi connectivity index (χ0v) is 33.3. The van der Waals surface area contributed by atoms with Crippen molar-refractivity contribution in [3.05, 3.63) is 229 Å². The SMILES string of the molecule is Oc1ccccc1C=Nc1ccc(Cc2ccc3cc(-c4c5ccccc5c(-c5ccc(-c6nc7ccccc7n6-c6ccccc6)cc5)c5ccccc45)ccc3c2)cc1. The molecular formula is C57H39N3O. The van der Waals surface area contributed by atoms with Crippen LogP contribution in [0.2, 0.25) is 0 Å². The first-order valence-electron chi connectivity index (χ1n) is 20.7. The van der Waals surface area contributed by atoms with Crippen LogP contribution in [0.5, 0.6) is 5.75 Å². The molecule has 1 heterocycles. The molecule has 11 rings (SSSR count). The largest absolute Gasteiger partial charge is 0.507 e. The van der Waals surface area contributed by atoms with Crippen LogP contribution in [0.15, 0.2) is 217 Å². The van der Waals surface area contributed by atoms with Crippen LogP contribution in [-0.2, 0) is 6.42 Å². The molecule has 1 N–H and O–H groups in total. The first-order valence-corrected chi connectivity index (χ1v) is 20.7. The smallest absolute Gasteiger partial charge is 0.145 e. The van der Waals surface area contributed by atoms with Gasteiger partial charge in [0.05, 0.1) is 16.7 Å². The zero-order valence-electron chi connectivity index (χ0n) is 33.3. The van der Waals surface area contributed by atoms with Gasteiger partial charge in [-0.05, 0) is 127 Å². The standard InChI is InChI=1S/C57H39N3O/c61-54-21-11-4-12-45(54)37-58-46-32-23-38(24-33-46)34-39-22-25-43-36-44(31-30-42(43)35-39)56-50-17-7-5-15-48(50)55(49-16-6-8-18-51(49)56)40-26-28-41(29-27-40)57-59-52-19-9-10-20-53(52)60(57)47-13-2-1-3-14-47/h1-33,35-37,61H,34H2. The highest BCUT2D eigenvalue weighted by Crippen LogP contribution is 2.44. The molecule has 0 amide bonds. The van der Waals surface area contributed by atoms with E-state index in [1.54, 1.807) is 12.3 Å². The van der Waals surface area contributed by atoms with Crippen LogP contribution in [0, 0.1) is 0 Å². The molecule has 4 nitrogen and oxygen atoms in total. The lowest BCUT2D eigenvalue weighted by Crippen LogP contribution is -1.97. The lowest BCUT2D eigenvalue weighted by Gasteiger charge is -2.18.